The minimum atomic E-state index is -3.91. The molecule has 0 bridgehead atoms. The van der Waals surface area contributed by atoms with Crippen LogP contribution < -0.4 is 4.72 Å². The van der Waals surface area contributed by atoms with Crippen LogP contribution in [0.1, 0.15) is 4.88 Å². The number of hydrogen-bond donors (Lipinski definition) is 1. The average molecular weight is 419 g/mol. The zero-order chi connectivity index (χ0) is 14.9. The first kappa shape index (κ1) is 16.2. The van der Waals surface area contributed by atoms with Crippen molar-refractivity contribution in [3.05, 3.63) is 48.8 Å². The third-order valence-corrected chi connectivity index (χ3v) is 6.20. The van der Waals surface area contributed by atoms with Crippen LogP contribution in [0.5, 0.6) is 0 Å². The molecule has 3 nitrogen and oxygen atoms in total. The van der Waals surface area contributed by atoms with Gasteiger partial charge in [0.2, 0.25) is 10.0 Å². The van der Waals surface area contributed by atoms with Gasteiger partial charge in [-0.05, 0) is 40.2 Å². The third-order valence-electron chi connectivity index (χ3n) is 2.35. The highest BCUT2D eigenvalue weighted by atomic mass is 79.9. The number of hydrogen-bond acceptors (Lipinski definition) is 3. The molecule has 0 aliphatic rings. The molecule has 0 amide bonds. The van der Waals surface area contributed by atoms with E-state index in [1.165, 1.54) is 17.4 Å². The topological polar surface area (TPSA) is 46.2 Å². The molecule has 2 rings (SSSR count). The van der Waals surface area contributed by atoms with Gasteiger partial charge < -0.3 is 0 Å². The number of sulfonamides is 1. The fourth-order valence-electron chi connectivity index (χ4n) is 1.41. The summed E-state index contributed by atoms with van der Waals surface area (Å²) in [5.41, 5.74) is 0. The molecule has 0 spiro atoms. The third kappa shape index (κ3) is 3.52. The Bertz CT molecular complexity index is 749. The lowest BCUT2D eigenvalue weighted by atomic mass is 10.3. The SMILES string of the molecule is O=S(=O)(NCc1ccc(Br)s1)c1ccc(Cl)c(F)c1Cl. The van der Waals surface area contributed by atoms with E-state index in [1.54, 1.807) is 6.07 Å². The smallest absolute Gasteiger partial charge is 0.207 e. The second kappa shape index (κ2) is 6.29. The molecule has 1 aromatic heterocycles. The average Bonchev–Trinajstić information content (AvgIpc) is 2.79. The van der Waals surface area contributed by atoms with Crippen LogP contribution in [0.25, 0.3) is 0 Å². The van der Waals surface area contributed by atoms with Gasteiger partial charge in [0.1, 0.15) is 4.90 Å². The van der Waals surface area contributed by atoms with E-state index in [0.717, 1.165) is 14.7 Å². The molecule has 9 heteroatoms. The highest BCUT2D eigenvalue weighted by Crippen LogP contribution is 2.29. The Hall–Kier alpha value is -0.180. The van der Waals surface area contributed by atoms with Gasteiger partial charge in [0.05, 0.1) is 13.8 Å². The summed E-state index contributed by atoms with van der Waals surface area (Å²) >= 11 is 15.9. The normalized spacial score (nSPS) is 11.8. The van der Waals surface area contributed by atoms with Crippen molar-refractivity contribution < 1.29 is 12.8 Å². The van der Waals surface area contributed by atoms with Crippen molar-refractivity contribution in [2.45, 2.75) is 11.4 Å². The van der Waals surface area contributed by atoms with Gasteiger partial charge in [-0.2, -0.15) is 0 Å². The molecule has 0 saturated carbocycles. The summed E-state index contributed by atoms with van der Waals surface area (Å²) in [5, 5.41) is -0.742. The summed E-state index contributed by atoms with van der Waals surface area (Å²) in [5.74, 6) is -0.949. The Balaban J connectivity index is 2.25. The number of halogens is 4. The highest BCUT2D eigenvalue weighted by molar-refractivity contribution is 9.11. The molecule has 1 heterocycles. The second-order valence-corrected chi connectivity index (χ2v) is 8.77. The first-order chi connectivity index (χ1) is 9.31. The second-order valence-electron chi connectivity index (χ2n) is 3.70. The monoisotopic (exact) mass is 417 g/mol. The summed E-state index contributed by atoms with van der Waals surface area (Å²) in [4.78, 5) is 0.475. The van der Waals surface area contributed by atoms with E-state index in [2.05, 4.69) is 20.7 Å². The van der Waals surface area contributed by atoms with Crippen LogP contribution in [0.3, 0.4) is 0 Å². The van der Waals surface area contributed by atoms with Crippen molar-refractivity contribution in [1.29, 1.82) is 0 Å². The predicted molar refractivity (Wildman–Crippen MR) is 82.5 cm³/mol. The Morgan fingerprint density at radius 1 is 1.25 bits per heavy atom. The molecule has 20 heavy (non-hydrogen) atoms. The number of rotatable bonds is 4. The molecule has 0 aliphatic carbocycles. The van der Waals surface area contributed by atoms with Gasteiger partial charge in [-0.3, -0.25) is 0 Å². The van der Waals surface area contributed by atoms with Crippen LogP contribution in [-0.2, 0) is 16.6 Å². The highest BCUT2D eigenvalue weighted by Gasteiger charge is 2.21. The summed E-state index contributed by atoms with van der Waals surface area (Å²) in [6.07, 6.45) is 0. The van der Waals surface area contributed by atoms with E-state index in [-0.39, 0.29) is 16.5 Å². The van der Waals surface area contributed by atoms with E-state index < -0.39 is 20.9 Å². The quantitative estimate of drug-likeness (QED) is 0.746. The van der Waals surface area contributed by atoms with Crippen molar-refractivity contribution in [1.82, 2.24) is 4.72 Å². The zero-order valence-corrected chi connectivity index (χ0v) is 14.4. The van der Waals surface area contributed by atoms with Gasteiger partial charge in [-0.1, -0.05) is 23.2 Å². The minimum absolute atomic E-state index is 0.0964. The van der Waals surface area contributed by atoms with Crippen molar-refractivity contribution in [2.24, 2.45) is 0 Å². The molecule has 2 aromatic rings. The van der Waals surface area contributed by atoms with Crippen LogP contribution >= 0.6 is 50.5 Å². The van der Waals surface area contributed by atoms with Gasteiger partial charge >= 0.3 is 0 Å². The first-order valence-corrected chi connectivity index (χ1v) is 9.03. The maximum Gasteiger partial charge on any atom is 0.242 e. The Kier molecular flexibility index (Phi) is 5.09. The fraction of sp³-hybridized carbons (Fsp3) is 0.0909. The summed E-state index contributed by atoms with van der Waals surface area (Å²) in [6.45, 7) is 0.0964. The minimum Gasteiger partial charge on any atom is -0.207 e. The van der Waals surface area contributed by atoms with E-state index in [1.807, 2.05) is 6.07 Å². The molecule has 108 valence electrons. The zero-order valence-electron chi connectivity index (χ0n) is 9.66. The molecule has 0 saturated heterocycles. The Morgan fingerprint density at radius 2 is 1.95 bits per heavy atom. The number of thiophene rings is 1. The van der Waals surface area contributed by atoms with Gasteiger partial charge in [0.25, 0.3) is 0 Å². The predicted octanol–water partition coefficient (Wildman–Crippen LogP) is 4.44. The van der Waals surface area contributed by atoms with Gasteiger partial charge in [0.15, 0.2) is 5.82 Å². The van der Waals surface area contributed by atoms with Crippen molar-refractivity contribution in [3.8, 4) is 0 Å². The number of benzene rings is 1. The van der Waals surface area contributed by atoms with Gasteiger partial charge in [-0.15, -0.1) is 11.3 Å². The largest absolute Gasteiger partial charge is 0.242 e. The summed E-state index contributed by atoms with van der Waals surface area (Å²) in [6, 6.07) is 5.91. The van der Waals surface area contributed by atoms with Gasteiger partial charge in [0, 0.05) is 11.4 Å². The number of nitrogens with one attached hydrogen (secondary N) is 1. The maximum atomic E-state index is 13.5. The van der Waals surface area contributed by atoms with E-state index in [9.17, 15) is 12.8 Å². The van der Waals surface area contributed by atoms with Crippen LogP contribution in [0, 0.1) is 5.82 Å². The lowest BCUT2D eigenvalue weighted by molar-refractivity contribution is 0.578. The summed E-state index contributed by atoms with van der Waals surface area (Å²) in [7, 11) is -3.91. The molecule has 0 unspecified atom stereocenters. The van der Waals surface area contributed by atoms with E-state index >= 15 is 0 Å². The lowest BCUT2D eigenvalue weighted by Crippen LogP contribution is -2.23. The maximum absolute atomic E-state index is 13.5. The molecule has 1 N–H and O–H groups in total. The van der Waals surface area contributed by atoms with Crippen molar-refractivity contribution in [2.75, 3.05) is 0 Å². The van der Waals surface area contributed by atoms with E-state index in [4.69, 9.17) is 23.2 Å². The Labute approximate surface area is 137 Å². The molecule has 0 atom stereocenters. The van der Waals surface area contributed by atoms with Crippen LogP contribution in [0.2, 0.25) is 10.0 Å². The van der Waals surface area contributed by atoms with Gasteiger partial charge in [-0.25, -0.2) is 17.5 Å². The Morgan fingerprint density at radius 3 is 2.55 bits per heavy atom. The molecule has 1 aromatic carbocycles. The summed E-state index contributed by atoms with van der Waals surface area (Å²) < 4.78 is 40.9. The lowest BCUT2D eigenvalue weighted by Gasteiger charge is -2.08. The fourth-order valence-corrected chi connectivity index (χ4v) is 4.67. The van der Waals surface area contributed by atoms with Crippen LogP contribution in [0.4, 0.5) is 4.39 Å². The van der Waals surface area contributed by atoms with Crippen LogP contribution in [-0.4, -0.2) is 8.42 Å². The van der Waals surface area contributed by atoms with E-state index in [0.29, 0.717) is 0 Å². The van der Waals surface area contributed by atoms with Crippen LogP contribution in [0.15, 0.2) is 32.9 Å². The molecular formula is C11H7BrCl2FNO2S2. The molecule has 0 radical (unpaired) electrons. The molecule has 0 fully saturated rings. The molecular weight excluding hydrogens is 412 g/mol. The standard InChI is InChI=1S/C11H7BrCl2FNO2S2/c12-9-4-1-6(19-9)5-16-20(17,18)8-3-2-7(13)11(15)10(8)14/h1-4,16H,5H2. The van der Waals surface area contributed by atoms with Crippen molar-refractivity contribution in [3.63, 3.8) is 0 Å². The first-order valence-electron chi connectivity index (χ1n) is 5.18. The molecule has 0 aliphatic heterocycles. The van der Waals surface area contributed by atoms with Crippen molar-refractivity contribution >= 4 is 60.5 Å².